The van der Waals surface area contributed by atoms with E-state index >= 15 is 0 Å². The lowest BCUT2D eigenvalue weighted by Gasteiger charge is -2.38. The van der Waals surface area contributed by atoms with Gasteiger partial charge in [0.2, 0.25) is 0 Å². The van der Waals surface area contributed by atoms with E-state index in [1.807, 2.05) is 24.3 Å². The summed E-state index contributed by atoms with van der Waals surface area (Å²) in [6.07, 6.45) is 1.50. The minimum absolute atomic E-state index is 0.0475. The quantitative estimate of drug-likeness (QED) is 0.903. The van der Waals surface area contributed by atoms with E-state index in [0.717, 1.165) is 36.8 Å². The van der Waals surface area contributed by atoms with Crippen LogP contribution in [0.5, 0.6) is 0 Å². The molecule has 1 N–H and O–H groups in total. The lowest BCUT2D eigenvalue weighted by Crippen LogP contribution is -2.48. The number of benzene rings is 1. The predicted octanol–water partition coefficient (Wildman–Crippen LogP) is 2.65. The molecule has 5 nitrogen and oxygen atoms in total. The van der Waals surface area contributed by atoms with Gasteiger partial charge in [-0.1, -0.05) is 29.8 Å². The summed E-state index contributed by atoms with van der Waals surface area (Å²) in [7, 11) is 2.13. The number of carbonyl (C=O) groups is 1. The van der Waals surface area contributed by atoms with Gasteiger partial charge in [0, 0.05) is 37.7 Å². The van der Waals surface area contributed by atoms with Crippen LogP contribution in [-0.4, -0.2) is 55.5 Å². The zero-order valence-electron chi connectivity index (χ0n) is 13.7. The Bertz CT molecular complexity index is 667. The van der Waals surface area contributed by atoms with Gasteiger partial charge >= 0.3 is 0 Å². The smallest absolute Gasteiger partial charge is 0.287 e. The largest absolute Gasteiger partial charge is 0.459 e. The number of nitrogens with zero attached hydrogens (tertiary/aromatic N) is 2. The van der Waals surface area contributed by atoms with E-state index in [2.05, 4.69) is 22.2 Å². The maximum Gasteiger partial charge on any atom is 0.287 e. The fourth-order valence-corrected chi connectivity index (χ4v) is 3.26. The molecule has 2 heterocycles. The number of hydrogen-bond acceptors (Lipinski definition) is 4. The van der Waals surface area contributed by atoms with E-state index in [1.54, 1.807) is 12.1 Å². The zero-order valence-corrected chi connectivity index (χ0v) is 14.5. The molecule has 6 heteroatoms. The van der Waals surface area contributed by atoms with Crippen LogP contribution in [0.3, 0.4) is 0 Å². The highest BCUT2D eigenvalue weighted by atomic mass is 35.5. The van der Waals surface area contributed by atoms with Crippen molar-refractivity contribution in [2.24, 2.45) is 0 Å². The molecule has 1 aromatic carbocycles. The number of halogens is 1. The highest BCUT2D eigenvalue weighted by molar-refractivity contribution is 6.31. The Hall–Kier alpha value is -1.82. The van der Waals surface area contributed by atoms with Gasteiger partial charge in [-0.3, -0.25) is 9.69 Å². The third kappa shape index (κ3) is 3.98. The lowest BCUT2D eigenvalue weighted by molar-refractivity contribution is 0.0863. The molecular formula is C18H22ClN3O2. The summed E-state index contributed by atoms with van der Waals surface area (Å²) in [5.41, 5.74) is 1.04. The first kappa shape index (κ1) is 17.0. The maximum atomic E-state index is 12.2. The molecular weight excluding hydrogens is 326 g/mol. The monoisotopic (exact) mass is 347 g/mol. The first-order chi connectivity index (χ1) is 11.6. The van der Waals surface area contributed by atoms with Gasteiger partial charge in [-0.15, -0.1) is 0 Å². The Morgan fingerprint density at radius 1 is 1.21 bits per heavy atom. The van der Waals surface area contributed by atoms with Crippen LogP contribution in [0, 0.1) is 0 Å². The number of nitrogens with one attached hydrogen (secondary N) is 1. The number of amides is 1. The average molecular weight is 348 g/mol. The van der Waals surface area contributed by atoms with Crippen molar-refractivity contribution in [3.63, 3.8) is 0 Å². The van der Waals surface area contributed by atoms with Crippen LogP contribution in [0.15, 0.2) is 47.1 Å². The molecule has 0 saturated carbocycles. The van der Waals surface area contributed by atoms with E-state index in [-0.39, 0.29) is 11.9 Å². The van der Waals surface area contributed by atoms with Gasteiger partial charge in [-0.05, 0) is 30.8 Å². The van der Waals surface area contributed by atoms with Crippen LogP contribution < -0.4 is 5.32 Å². The van der Waals surface area contributed by atoms with Gasteiger partial charge in [0.05, 0.1) is 12.3 Å². The minimum Gasteiger partial charge on any atom is -0.459 e. The van der Waals surface area contributed by atoms with Gasteiger partial charge in [0.1, 0.15) is 0 Å². The van der Waals surface area contributed by atoms with Crippen LogP contribution >= 0.6 is 11.6 Å². The summed E-state index contributed by atoms with van der Waals surface area (Å²) in [4.78, 5) is 16.9. The summed E-state index contributed by atoms with van der Waals surface area (Å²) < 4.78 is 5.16. The molecule has 1 atom stereocenters. The molecule has 1 unspecified atom stereocenters. The number of hydrogen-bond donors (Lipinski definition) is 1. The Labute approximate surface area is 147 Å². The molecule has 1 aliphatic heterocycles. The van der Waals surface area contributed by atoms with Gasteiger partial charge in [0.25, 0.3) is 5.91 Å². The van der Waals surface area contributed by atoms with E-state index in [1.165, 1.54) is 6.26 Å². The molecule has 0 spiro atoms. The van der Waals surface area contributed by atoms with Crippen molar-refractivity contribution in [2.45, 2.75) is 6.04 Å². The Morgan fingerprint density at radius 3 is 2.62 bits per heavy atom. The number of furan rings is 1. The summed E-state index contributed by atoms with van der Waals surface area (Å²) in [6.45, 7) is 4.40. The van der Waals surface area contributed by atoms with Crippen LogP contribution in [0.1, 0.15) is 22.2 Å². The van der Waals surface area contributed by atoms with E-state index in [4.69, 9.17) is 16.0 Å². The highest BCUT2D eigenvalue weighted by Gasteiger charge is 2.26. The van der Waals surface area contributed by atoms with Crippen molar-refractivity contribution in [1.29, 1.82) is 0 Å². The average Bonchev–Trinajstić information content (AvgIpc) is 3.12. The Morgan fingerprint density at radius 2 is 1.96 bits per heavy atom. The molecule has 24 heavy (non-hydrogen) atoms. The van der Waals surface area contributed by atoms with Crippen molar-refractivity contribution < 1.29 is 9.21 Å². The molecule has 1 aromatic heterocycles. The van der Waals surface area contributed by atoms with Crippen molar-refractivity contribution in [3.8, 4) is 0 Å². The fraction of sp³-hybridized carbons (Fsp3) is 0.389. The van der Waals surface area contributed by atoms with Crippen molar-refractivity contribution in [3.05, 3.63) is 59.0 Å². The second kappa shape index (κ2) is 7.83. The minimum atomic E-state index is -0.203. The van der Waals surface area contributed by atoms with Gasteiger partial charge in [-0.2, -0.15) is 0 Å². The summed E-state index contributed by atoms with van der Waals surface area (Å²) in [5, 5.41) is 3.70. The number of piperazine rings is 1. The van der Waals surface area contributed by atoms with Crippen molar-refractivity contribution >= 4 is 17.5 Å². The maximum absolute atomic E-state index is 12.2. The highest BCUT2D eigenvalue weighted by Crippen LogP contribution is 2.28. The van der Waals surface area contributed by atoms with Gasteiger partial charge < -0.3 is 14.6 Å². The Balaban J connectivity index is 1.74. The van der Waals surface area contributed by atoms with Crippen LogP contribution in [0.4, 0.5) is 0 Å². The number of carbonyl (C=O) groups excluding carboxylic acids is 1. The summed E-state index contributed by atoms with van der Waals surface area (Å²) in [6, 6.07) is 11.3. The number of rotatable bonds is 5. The Kier molecular flexibility index (Phi) is 5.56. The number of likely N-dealkylation sites (N-methyl/N-ethyl adjacent to an activating group) is 1. The molecule has 1 fully saturated rings. The molecule has 0 bridgehead atoms. The zero-order chi connectivity index (χ0) is 16.9. The van der Waals surface area contributed by atoms with Crippen molar-refractivity contribution in [1.82, 2.24) is 15.1 Å². The lowest BCUT2D eigenvalue weighted by atomic mass is 10.0. The molecule has 0 radical (unpaired) electrons. The van der Waals surface area contributed by atoms with Crippen LogP contribution in [0.25, 0.3) is 0 Å². The predicted molar refractivity (Wildman–Crippen MR) is 94.3 cm³/mol. The molecule has 1 aliphatic rings. The molecule has 2 aromatic rings. The van der Waals surface area contributed by atoms with E-state index in [0.29, 0.717) is 12.3 Å². The van der Waals surface area contributed by atoms with Crippen molar-refractivity contribution in [2.75, 3.05) is 39.8 Å². The summed E-state index contributed by atoms with van der Waals surface area (Å²) >= 11 is 6.41. The molecule has 1 amide bonds. The van der Waals surface area contributed by atoms with Gasteiger partial charge in [-0.25, -0.2) is 0 Å². The first-order valence-electron chi connectivity index (χ1n) is 8.14. The van der Waals surface area contributed by atoms with Crippen LogP contribution in [-0.2, 0) is 0 Å². The van der Waals surface area contributed by atoms with Crippen LogP contribution in [0.2, 0.25) is 5.02 Å². The fourth-order valence-electron chi connectivity index (χ4n) is 3.00. The molecule has 0 aliphatic carbocycles. The standard InChI is InChI=1S/C18H22ClN3O2/c1-21-8-10-22(11-9-21)16(14-5-2-3-6-15(14)19)13-20-18(23)17-7-4-12-24-17/h2-7,12,16H,8-11,13H2,1H3,(H,20,23). The first-order valence-corrected chi connectivity index (χ1v) is 8.51. The van der Waals surface area contributed by atoms with E-state index in [9.17, 15) is 4.79 Å². The SMILES string of the molecule is CN1CCN(C(CNC(=O)c2ccco2)c2ccccc2Cl)CC1. The second-order valence-electron chi connectivity index (χ2n) is 6.06. The van der Waals surface area contributed by atoms with Gasteiger partial charge in [0.15, 0.2) is 5.76 Å². The van der Waals surface area contributed by atoms with E-state index < -0.39 is 0 Å². The molecule has 128 valence electrons. The third-order valence-corrected chi connectivity index (χ3v) is 4.79. The normalized spacial score (nSPS) is 17.6. The molecule has 1 saturated heterocycles. The summed E-state index contributed by atoms with van der Waals surface area (Å²) in [5.74, 6) is 0.123. The third-order valence-electron chi connectivity index (χ3n) is 4.44. The molecule has 3 rings (SSSR count). The second-order valence-corrected chi connectivity index (χ2v) is 6.47. The topological polar surface area (TPSA) is 48.7 Å².